The first-order valence-corrected chi connectivity index (χ1v) is 4.49. The maximum Gasteiger partial charge on any atom is 0.0458 e. The van der Waals surface area contributed by atoms with E-state index in [-0.39, 0.29) is 0 Å². The van der Waals surface area contributed by atoms with Crippen molar-refractivity contribution < 1.29 is 0 Å². The van der Waals surface area contributed by atoms with Crippen LogP contribution in [0.25, 0.3) is 0 Å². The smallest absolute Gasteiger partial charge is 0.0458 e. The summed E-state index contributed by atoms with van der Waals surface area (Å²) in [5.41, 5.74) is 4.03. The van der Waals surface area contributed by atoms with Gasteiger partial charge in [-0.25, -0.2) is 0 Å². The monoisotopic (exact) mass is 162 g/mol. The molecule has 12 heavy (non-hydrogen) atoms. The van der Waals surface area contributed by atoms with Crippen LogP contribution in [0.3, 0.4) is 0 Å². The van der Waals surface area contributed by atoms with Gasteiger partial charge in [0.25, 0.3) is 0 Å². The van der Waals surface area contributed by atoms with Gasteiger partial charge < -0.3 is 5.32 Å². The van der Waals surface area contributed by atoms with E-state index in [4.69, 9.17) is 0 Å². The van der Waals surface area contributed by atoms with Crippen LogP contribution in [0.15, 0.2) is 28.4 Å². The minimum Gasteiger partial charge on any atom is -0.312 e. The molecule has 1 saturated heterocycles. The Hall–Kier alpha value is -0.890. The number of rotatable bonds is 0. The molecule has 0 aromatic rings. The van der Waals surface area contributed by atoms with Gasteiger partial charge in [0, 0.05) is 31.4 Å². The standard InChI is InChI=1S/C10H14N2/c1-8-2-3-9-7-11-5-4-10(9)12-6-8/h3,6,11H,2,4-5,7H2,1H3. The van der Waals surface area contributed by atoms with Gasteiger partial charge in [0.05, 0.1) is 0 Å². The molecule has 2 nitrogen and oxygen atoms in total. The molecule has 0 aliphatic carbocycles. The second-order valence-electron chi connectivity index (χ2n) is 3.41. The number of hydrogen-bond acceptors (Lipinski definition) is 2. The van der Waals surface area contributed by atoms with Crippen LogP contribution in [0.1, 0.15) is 19.8 Å². The van der Waals surface area contributed by atoms with Gasteiger partial charge in [0.1, 0.15) is 0 Å². The number of nitrogens with zero attached hydrogens (tertiary/aromatic N) is 1. The first kappa shape index (κ1) is 7.74. The van der Waals surface area contributed by atoms with Gasteiger partial charge >= 0.3 is 0 Å². The van der Waals surface area contributed by atoms with E-state index in [9.17, 15) is 0 Å². The second-order valence-corrected chi connectivity index (χ2v) is 3.41. The Balaban J connectivity index is 2.27. The molecule has 0 spiro atoms. The summed E-state index contributed by atoms with van der Waals surface area (Å²) >= 11 is 0. The molecule has 0 amide bonds. The molecule has 1 fully saturated rings. The Morgan fingerprint density at radius 3 is 3.33 bits per heavy atom. The van der Waals surface area contributed by atoms with Crippen molar-refractivity contribution in [1.29, 1.82) is 0 Å². The molecule has 2 aliphatic heterocycles. The normalized spacial score (nSPS) is 23.2. The highest BCUT2D eigenvalue weighted by Gasteiger charge is 2.12. The number of allylic oxidation sites excluding steroid dienone is 2. The number of piperidine rings is 1. The van der Waals surface area contributed by atoms with E-state index in [1.165, 1.54) is 16.9 Å². The molecule has 2 heterocycles. The highest BCUT2D eigenvalue weighted by atomic mass is 14.9. The van der Waals surface area contributed by atoms with Crippen molar-refractivity contribution in [1.82, 2.24) is 5.32 Å². The lowest BCUT2D eigenvalue weighted by molar-refractivity contribution is 0.729. The predicted molar refractivity (Wildman–Crippen MR) is 51.4 cm³/mol. The van der Waals surface area contributed by atoms with E-state index in [1.807, 2.05) is 6.20 Å². The molecule has 2 heteroatoms. The number of nitrogens with one attached hydrogen (secondary N) is 1. The third kappa shape index (κ3) is 1.48. The first-order valence-electron chi connectivity index (χ1n) is 4.49. The Morgan fingerprint density at radius 2 is 2.42 bits per heavy atom. The summed E-state index contributed by atoms with van der Waals surface area (Å²) in [5, 5.41) is 3.35. The molecule has 1 N–H and O–H groups in total. The van der Waals surface area contributed by atoms with E-state index < -0.39 is 0 Å². The fourth-order valence-corrected chi connectivity index (χ4v) is 1.55. The van der Waals surface area contributed by atoms with Crippen LogP contribution < -0.4 is 5.32 Å². The Morgan fingerprint density at radius 1 is 1.50 bits per heavy atom. The molecule has 0 bridgehead atoms. The van der Waals surface area contributed by atoms with Crippen molar-refractivity contribution in [2.45, 2.75) is 19.8 Å². The summed E-state index contributed by atoms with van der Waals surface area (Å²) in [6.45, 7) is 4.20. The van der Waals surface area contributed by atoms with Crippen LogP contribution in [-0.2, 0) is 0 Å². The summed E-state index contributed by atoms with van der Waals surface area (Å²) in [6.07, 6.45) is 6.44. The van der Waals surface area contributed by atoms with Gasteiger partial charge in [0.15, 0.2) is 0 Å². The maximum absolute atomic E-state index is 4.47. The molecule has 64 valence electrons. The van der Waals surface area contributed by atoms with Crippen LogP contribution in [0, 0.1) is 0 Å². The first-order chi connectivity index (χ1) is 5.86. The summed E-state index contributed by atoms with van der Waals surface area (Å²) < 4.78 is 0. The fourth-order valence-electron chi connectivity index (χ4n) is 1.55. The van der Waals surface area contributed by atoms with Gasteiger partial charge in [-0.1, -0.05) is 11.6 Å². The number of fused-ring (bicyclic) bond motifs is 1. The highest BCUT2D eigenvalue weighted by molar-refractivity contribution is 6.01. The van der Waals surface area contributed by atoms with E-state index in [1.54, 1.807) is 0 Å². The number of aliphatic imine (C=N–C) groups is 1. The Labute approximate surface area is 73.1 Å². The molecule has 0 aromatic heterocycles. The molecule has 0 aromatic carbocycles. The molecule has 0 saturated carbocycles. The van der Waals surface area contributed by atoms with Crippen molar-refractivity contribution in [2.24, 2.45) is 4.99 Å². The molecular formula is C10H14N2. The van der Waals surface area contributed by atoms with Gasteiger partial charge in [-0.05, 0) is 18.9 Å². The van der Waals surface area contributed by atoms with Crippen LogP contribution in [0.2, 0.25) is 0 Å². The van der Waals surface area contributed by atoms with Crippen LogP contribution in [0.5, 0.6) is 0 Å². The fraction of sp³-hybridized carbons (Fsp3) is 0.500. The van der Waals surface area contributed by atoms with Gasteiger partial charge in [-0.15, -0.1) is 0 Å². The summed E-state index contributed by atoms with van der Waals surface area (Å²) in [7, 11) is 0. The van der Waals surface area contributed by atoms with E-state index >= 15 is 0 Å². The van der Waals surface area contributed by atoms with Crippen molar-refractivity contribution >= 4 is 5.71 Å². The van der Waals surface area contributed by atoms with E-state index in [0.29, 0.717) is 0 Å². The molecule has 0 radical (unpaired) electrons. The number of hydrogen-bond donors (Lipinski definition) is 1. The summed E-state index contributed by atoms with van der Waals surface area (Å²) in [6, 6.07) is 0. The van der Waals surface area contributed by atoms with Crippen molar-refractivity contribution in [3.05, 3.63) is 23.4 Å². The molecule has 0 unspecified atom stereocenters. The average Bonchev–Trinajstić information content (AvgIpc) is 2.29. The predicted octanol–water partition coefficient (Wildman–Crippen LogP) is 1.65. The second kappa shape index (κ2) is 3.23. The largest absolute Gasteiger partial charge is 0.312 e. The molecule has 0 atom stereocenters. The van der Waals surface area contributed by atoms with Gasteiger partial charge in [0.2, 0.25) is 0 Å². The zero-order valence-electron chi connectivity index (χ0n) is 7.43. The minimum absolute atomic E-state index is 1.000. The van der Waals surface area contributed by atoms with Crippen molar-refractivity contribution in [3.63, 3.8) is 0 Å². The maximum atomic E-state index is 4.47. The van der Waals surface area contributed by atoms with Crippen LogP contribution >= 0.6 is 0 Å². The van der Waals surface area contributed by atoms with Gasteiger partial charge in [-0.3, -0.25) is 4.99 Å². The third-order valence-electron chi connectivity index (χ3n) is 2.34. The Kier molecular flexibility index (Phi) is 2.09. The van der Waals surface area contributed by atoms with E-state index in [2.05, 4.69) is 23.3 Å². The third-order valence-corrected chi connectivity index (χ3v) is 2.34. The zero-order valence-corrected chi connectivity index (χ0v) is 7.43. The van der Waals surface area contributed by atoms with Crippen LogP contribution in [0.4, 0.5) is 0 Å². The highest BCUT2D eigenvalue weighted by Crippen LogP contribution is 2.15. The summed E-state index contributed by atoms with van der Waals surface area (Å²) in [5.74, 6) is 0. The summed E-state index contributed by atoms with van der Waals surface area (Å²) in [4.78, 5) is 4.47. The topological polar surface area (TPSA) is 24.4 Å². The average molecular weight is 162 g/mol. The van der Waals surface area contributed by atoms with Crippen molar-refractivity contribution in [3.8, 4) is 0 Å². The Bertz CT molecular complexity index is 272. The zero-order chi connectivity index (χ0) is 8.39. The lowest BCUT2D eigenvalue weighted by atomic mass is 10.0. The molecule has 2 rings (SSSR count). The van der Waals surface area contributed by atoms with Crippen LogP contribution in [-0.4, -0.2) is 18.8 Å². The molecular weight excluding hydrogens is 148 g/mol. The SMILES string of the molecule is CC1=CN=C2CCNCC2=CC1. The molecule has 2 aliphatic rings. The van der Waals surface area contributed by atoms with Gasteiger partial charge in [-0.2, -0.15) is 0 Å². The lowest BCUT2D eigenvalue weighted by Crippen LogP contribution is -2.30. The van der Waals surface area contributed by atoms with E-state index in [0.717, 1.165) is 25.9 Å². The minimum atomic E-state index is 1.000. The van der Waals surface area contributed by atoms with Crippen molar-refractivity contribution in [2.75, 3.05) is 13.1 Å². The lowest BCUT2D eigenvalue weighted by Gasteiger charge is -2.16. The quantitative estimate of drug-likeness (QED) is 0.575.